The van der Waals surface area contributed by atoms with E-state index in [1.165, 1.54) is 16.0 Å². The quantitative estimate of drug-likeness (QED) is 0.492. The Balaban J connectivity index is 1.35. The van der Waals surface area contributed by atoms with Crippen molar-refractivity contribution in [3.63, 3.8) is 0 Å². The van der Waals surface area contributed by atoms with Crippen molar-refractivity contribution >= 4 is 11.9 Å². The zero-order valence-electron chi connectivity index (χ0n) is 20.6. The van der Waals surface area contributed by atoms with Crippen LogP contribution >= 0.6 is 0 Å². The maximum Gasteiger partial charge on any atom is 0.328 e. The molecule has 2 aromatic carbocycles. The number of urea groups is 1. The summed E-state index contributed by atoms with van der Waals surface area (Å²) < 4.78 is 1.85. The Bertz CT molecular complexity index is 1180. The second kappa shape index (κ2) is 9.66. The Morgan fingerprint density at radius 3 is 2.11 bits per heavy atom. The SMILES string of the molecule is Cc1nn(C)cc1CN1CCC2(CC1)C(=O)N(Cc1ccccc1)C(=O)N2CCc1ccccc1. The highest BCUT2D eigenvalue weighted by molar-refractivity contribution is 6.07. The summed E-state index contributed by atoms with van der Waals surface area (Å²) in [6.07, 6.45) is 4.10. The van der Waals surface area contributed by atoms with Crippen molar-refractivity contribution in [1.29, 1.82) is 0 Å². The molecule has 5 rings (SSSR count). The fourth-order valence-electron chi connectivity index (χ4n) is 5.49. The van der Waals surface area contributed by atoms with Crippen LogP contribution in [0.4, 0.5) is 4.79 Å². The van der Waals surface area contributed by atoms with Gasteiger partial charge in [-0.25, -0.2) is 4.79 Å². The lowest BCUT2D eigenvalue weighted by molar-refractivity contribution is -0.136. The van der Waals surface area contributed by atoms with Gasteiger partial charge in [-0.2, -0.15) is 5.10 Å². The summed E-state index contributed by atoms with van der Waals surface area (Å²) in [5.74, 6) is -0.0448. The molecular weight excluding hydrogens is 438 g/mol. The van der Waals surface area contributed by atoms with Crippen LogP contribution in [0.2, 0.25) is 0 Å². The Kier molecular flexibility index (Phi) is 6.43. The number of hydrogen-bond acceptors (Lipinski definition) is 4. The molecule has 7 heteroatoms. The number of imide groups is 1. The van der Waals surface area contributed by atoms with Crippen LogP contribution in [0, 0.1) is 6.92 Å². The van der Waals surface area contributed by atoms with E-state index in [1.807, 2.05) is 72.1 Å². The number of amides is 3. The number of aryl methyl sites for hydroxylation is 2. The Hall–Kier alpha value is -3.45. The van der Waals surface area contributed by atoms with E-state index >= 15 is 0 Å². The number of rotatable bonds is 7. The zero-order chi connectivity index (χ0) is 24.4. The second-order valence-electron chi connectivity index (χ2n) is 9.77. The molecular formula is C28H33N5O2. The van der Waals surface area contributed by atoms with Gasteiger partial charge in [-0.05, 0) is 37.3 Å². The number of benzene rings is 2. The Morgan fingerprint density at radius 2 is 1.51 bits per heavy atom. The number of likely N-dealkylation sites (tertiary alicyclic amines) is 1. The van der Waals surface area contributed by atoms with Crippen molar-refractivity contribution in [2.24, 2.45) is 7.05 Å². The summed E-state index contributed by atoms with van der Waals surface area (Å²) in [6, 6.07) is 19.8. The first-order valence-corrected chi connectivity index (χ1v) is 12.4. The van der Waals surface area contributed by atoms with Gasteiger partial charge < -0.3 is 4.90 Å². The average Bonchev–Trinajstić information content (AvgIpc) is 3.28. The molecule has 3 amide bonds. The van der Waals surface area contributed by atoms with Crippen LogP contribution in [-0.2, 0) is 31.4 Å². The molecule has 0 N–H and O–H groups in total. The van der Waals surface area contributed by atoms with Crippen LogP contribution in [0.25, 0.3) is 0 Å². The molecule has 2 fully saturated rings. The van der Waals surface area contributed by atoms with E-state index in [9.17, 15) is 9.59 Å². The number of carbonyl (C=O) groups is 2. The first-order valence-electron chi connectivity index (χ1n) is 12.4. The molecule has 0 aliphatic carbocycles. The first-order chi connectivity index (χ1) is 17.0. The van der Waals surface area contributed by atoms with Gasteiger partial charge in [-0.15, -0.1) is 0 Å². The maximum absolute atomic E-state index is 13.9. The highest BCUT2D eigenvalue weighted by atomic mass is 16.2. The summed E-state index contributed by atoms with van der Waals surface area (Å²) in [6.45, 7) is 5.26. The molecule has 2 aliphatic rings. The lowest BCUT2D eigenvalue weighted by Gasteiger charge is -2.42. The van der Waals surface area contributed by atoms with E-state index in [0.29, 0.717) is 25.9 Å². The Labute approximate surface area is 206 Å². The normalized spacial score (nSPS) is 18.1. The lowest BCUT2D eigenvalue weighted by atomic mass is 9.85. The van der Waals surface area contributed by atoms with E-state index in [2.05, 4.69) is 28.3 Å². The highest BCUT2D eigenvalue weighted by Gasteiger charge is 2.57. The highest BCUT2D eigenvalue weighted by Crippen LogP contribution is 2.38. The molecule has 2 aliphatic heterocycles. The number of carbonyl (C=O) groups excluding carboxylic acids is 2. The maximum atomic E-state index is 13.9. The summed E-state index contributed by atoms with van der Waals surface area (Å²) >= 11 is 0. The Morgan fingerprint density at radius 1 is 0.886 bits per heavy atom. The minimum atomic E-state index is -0.763. The number of aromatic nitrogens is 2. The van der Waals surface area contributed by atoms with Crippen molar-refractivity contribution in [2.75, 3.05) is 19.6 Å². The molecule has 182 valence electrons. The van der Waals surface area contributed by atoms with Crippen LogP contribution in [-0.4, -0.2) is 61.6 Å². The monoisotopic (exact) mass is 471 g/mol. The van der Waals surface area contributed by atoms with Gasteiger partial charge in [-0.3, -0.25) is 19.3 Å². The van der Waals surface area contributed by atoms with Gasteiger partial charge in [0.2, 0.25) is 0 Å². The third-order valence-electron chi connectivity index (χ3n) is 7.46. The standard InChI is InChI=1S/C28H33N5O2/c1-22-25(20-30(2)29-22)21-31-17-14-28(15-18-31)26(34)32(19-24-11-7-4-8-12-24)27(35)33(28)16-13-23-9-5-3-6-10-23/h3-12,20H,13-19,21H2,1-2H3. The van der Waals surface area contributed by atoms with E-state index in [4.69, 9.17) is 0 Å². The molecule has 1 spiro atoms. The third kappa shape index (κ3) is 4.60. The van der Waals surface area contributed by atoms with Crippen LogP contribution in [0.3, 0.4) is 0 Å². The largest absolute Gasteiger partial charge is 0.328 e. The van der Waals surface area contributed by atoms with Gasteiger partial charge in [-0.1, -0.05) is 60.7 Å². The fraction of sp³-hybridized carbons (Fsp3) is 0.393. The lowest BCUT2D eigenvalue weighted by Crippen LogP contribution is -2.56. The van der Waals surface area contributed by atoms with Crippen LogP contribution in [0.5, 0.6) is 0 Å². The molecule has 0 bridgehead atoms. The van der Waals surface area contributed by atoms with E-state index in [1.54, 1.807) is 0 Å². The molecule has 0 radical (unpaired) electrons. The summed E-state index contributed by atoms with van der Waals surface area (Å²) in [7, 11) is 1.94. The molecule has 0 atom stereocenters. The van der Waals surface area contributed by atoms with E-state index < -0.39 is 5.54 Å². The number of hydrogen-bond donors (Lipinski definition) is 0. The van der Waals surface area contributed by atoms with Crippen molar-refractivity contribution in [3.8, 4) is 0 Å². The first kappa shape index (κ1) is 23.3. The van der Waals surface area contributed by atoms with Gasteiger partial charge in [0.05, 0.1) is 12.2 Å². The van der Waals surface area contributed by atoms with Crippen LogP contribution < -0.4 is 0 Å². The van der Waals surface area contributed by atoms with Gasteiger partial charge >= 0.3 is 6.03 Å². The topological polar surface area (TPSA) is 61.7 Å². The van der Waals surface area contributed by atoms with E-state index in [-0.39, 0.29) is 11.9 Å². The predicted octanol–water partition coefficient (Wildman–Crippen LogP) is 3.77. The number of nitrogens with zero attached hydrogens (tertiary/aromatic N) is 5. The molecule has 0 saturated carbocycles. The second-order valence-corrected chi connectivity index (χ2v) is 9.77. The zero-order valence-corrected chi connectivity index (χ0v) is 20.6. The molecule has 2 saturated heterocycles. The smallest absolute Gasteiger partial charge is 0.309 e. The predicted molar refractivity (Wildman–Crippen MR) is 134 cm³/mol. The molecule has 1 aromatic heterocycles. The molecule has 3 heterocycles. The summed E-state index contributed by atoms with van der Waals surface area (Å²) in [5.41, 5.74) is 3.64. The summed E-state index contributed by atoms with van der Waals surface area (Å²) in [5, 5.41) is 4.46. The molecule has 3 aromatic rings. The van der Waals surface area contributed by atoms with Crippen LogP contribution in [0.15, 0.2) is 66.9 Å². The summed E-state index contributed by atoms with van der Waals surface area (Å²) in [4.78, 5) is 33.2. The fourth-order valence-corrected chi connectivity index (χ4v) is 5.49. The third-order valence-corrected chi connectivity index (χ3v) is 7.46. The van der Waals surface area contributed by atoms with Crippen molar-refractivity contribution in [2.45, 2.75) is 44.8 Å². The van der Waals surface area contributed by atoms with Crippen molar-refractivity contribution < 1.29 is 9.59 Å². The van der Waals surface area contributed by atoms with Gasteiger partial charge in [0, 0.05) is 45.0 Å². The number of piperidine rings is 1. The minimum Gasteiger partial charge on any atom is -0.309 e. The van der Waals surface area contributed by atoms with E-state index in [0.717, 1.165) is 37.3 Å². The van der Waals surface area contributed by atoms with Crippen LogP contribution in [0.1, 0.15) is 35.2 Å². The van der Waals surface area contributed by atoms with Gasteiger partial charge in [0.25, 0.3) is 5.91 Å². The molecule has 7 nitrogen and oxygen atoms in total. The van der Waals surface area contributed by atoms with Gasteiger partial charge in [0.15, 0.2) is 0 Å². The average molecular weight is 472 g/mol. The minimum absolute atomic E-state index is 0.0448. The van der Waals surface area contributed by atoms with Crippen molar-refractivity contribution in [3.05, 3.63) is 89.2 Å². The molecule has 0 unspecified atom stereocenters. The molecule has 35 heavy (non-hydrogen) atoms. The van der Waals surface area contributed by atoms with Crippen molar-refractivity contribution in [1.82, 2.24) is 24.5 Å². The van der Waals surface area contributed by atoms with Gasteiger partial charge in [0.1, 0.15) is 5.54 Å².